The summed E-state index contributed by atoms with van der Waals surface area (Å²) in [6, 6.07) is 15.3. The first-order valence-corrected chi connectivity index (χ1v) is 9.63. The van der Waals surface area contributed by atoms with E-state index in [0.29, 0.717) is 11.6 Å². The highest BCUT2D eigenvalue weighted by Crippen LogP contribution is 2.20. The number of aromatic nitrogens is 2. The molecular weight excluding hydrogens is 370 g/mol. The van der Waals surface area contributed by atoms with Crippen molar-refractivity contribution in [1.29, 1.82) is 0 Å². The van der Waals surface area contributed by atoms with Crippen molar-refractivity contribution < 1.29 is 19.1 Å². The monoisotopic (exact) mass is 395 g/mol. The predicted octanol–water partition coefficient (Wildman–Crippen LogP) is 3.96. The lowest BCUT2D eigenvalue weighted by Gasteiger charge is -2.17. The van der Waals surface area contributed by atoms with Crippen molar-refractivity contribution in [2.45, 2.75) is 39.3 Å². The highest BCUT2D eigenvalue weighted by atomic mass is 16.6. The molecule has 1 heterocycles. The lowest BCUT2D eigenvalue weighted by Crippen LogP contribution is -2.32. The van der Waals surface area contributed by atoms with E-state index in [1.54, 1.807) is 23.0 Å². The van der Waals surface area contributed by atoms with Gasteiger partial charge in [0.15, 0.2) is 12.7 Å². The molecule has 2 aromatic carbocycles. The van der Waals surface area contributed by atoms with Crippen LogP contribution in [0, 0.1) is 0 Å². The second-order valence-electron chi connectivity index (χ2n) is 6.84. The molecule has 152 valence electrons. The highest BCUT2D eigenvalue weighted by molar-refractivity contribution is 5.94. The van der Waals surface area contributed by atoms with E-state index >= 15 is 0 Å². The second-order valence-corrected chi connectivity index (χ2v) is 6.84. The van der Waals surface area contributed by atoms with Gasteiger partial charge in [0.05, 0.1) is 12.2 Å². The molecule has 0 aliphatic carbocycles. The molecule has 0 aliphatic heterocycles. The molecule has 3 rings (SSSR count). The van der Waals surface area contributed by atoms with Crippen LogP contribution < -0.4 is 10.1 Å². The van der Waals surface area contributed by atoms with E-state index in [1.165, 1.54) is 6.92 Å². The standard InChI is InChI=1S/C22H25N3O4/c1-4-15(2)25-20(11-12-23-25)24-22(27)16(3)29-21(26)14-28-19-10-9-17-7-5-6-8-18(17)13-19/h5-13,15-16H,4,14H2,1-3H3,(H,24,27)/t15-,16+/m1/s1. The van der Waals surface area contributed by atoms with Gasteiger partial charge in [-0.25, -0.2) is 9.48 Å². The van der Waals surface area contributed by atoms with Gasteiger partial charge < -0.3 is 14.8 Å². The number of anilines is 1. The maximum atomic E-state index is 12.4. The van der Waals surface area contributed by atoms with Crippen molar-refractivity contribution in [2.24, 2.45) is 0 Å². The Kier molecular flexibility index (Phi) is 6.49. The van der Waals surface area contributed by atoms with E-state index in [4.69, 9.17) is 9.47 Å². The summed E-state index contributed by atoms with van der Waals surface area (Å²) < 4.78 is 12.4. The minimum absolute atomic E-state index is 0.147. The van der Waals surface area contributed by atoms with Gasteiger partial charge in [-0.3, -0.25) is 4.79 Å². The van der Waals surface area contributed by atoms with Crippen LogP contribution in [-0.2, 0) is 14.3 Å². The van der Waals surface area contributed by atoms with Crippen LogP contribution in [0.2, 0.25) is 0 Å². The first-order chi connectivity index (χ1) is 14.0. The fraction of sp³-hybridized carbons (Fsp3) is 0.318. The van der Waals surface area contributed by atoms with Gasteiger partial charge >= 0.3 is 5.97 Å². The first-order valence-electron chi connectivity index (χ1n) is 9.63. The van der Waals surface area contributed by atoms with Crippen molar-refractivity contribution in [3.05, 3.63) is 54.7 Å². The third kappa shape index (κ3) is 5.13. The summed E-state index contributed by atoms with van der Waals surface area (Å²) >= 11 is 0. The normalized spacial score (nSPS) is 12.9. The van der Waals surface area contributed by atoms with Crippen LogP contribution >= 0.6 is 0 Å². The fourth-order valence-electron chi connectivity index (χ4n) is 2.85. The zero-order chi connectivity index (χ0) is 20.8. The van der Waals surface area contributed by atoms with E-state index in [-0.39, 0.29) is 12.6 Å². The van der Waals surface area contributed by atoms with Gasteiger partial charge in [0, 0.05) is 6.07 Å². The largest absolute Gasteiger partial charge is 0.482 e. The number of ether oxygens (including phenoxy) is 2. The molecule has 1 aromatic heterocycles. The zero-order valence-electron chi connectivity index (χ0n) is 16.8. The van der Waals surface area contributed by atoms with Crippen LogP contribution in [0.15, 0.2) is 54.7 Å². The van der Waals surface area contributed by atoms with Gasteiger partial charge in [0.25, 0.3) is 5.91 Å². The number of benzene rings is 2. The molecule has 1 amide bonds. The van der Waals surface area contributed by atoms with Gasteiger partial charge in [-0.05, 0) is 43.2 Å². The Labute approximate surface area is 169 Å². The van der Waals surface area contributed by atoms with Crippen LogP contribution in [0.1, 0.15) is 33.2 Å². The molecule has 29 heavy (non-hydrogen) atoms. The van der Waals surface area contributed by atoms with Crippen molar-refractivity contribution in [1.82, 2.24) is 9.78 Å². The predicted molar refractivity (Wildman–Crippen MR) is 111 cm³/mol. The van der Waals surface area contributed by atoms with Crippen molar-refractivity contribution >= 4 is 28.5 Å². The van der Waals surface area contributed by atoms with Crippen LogP contribution in [0.3, 0.4) is 0 Å². The van der Waals surface area contributed by atoms with Crippen LogP contribution in [0.25, 0.3) is 10.8 Å². The topological polar surface area (TPSA) is 82.5 Å². The maximum Gasteiger partial charge on any atom is 0.344 e. The molecule has 1 N–H and O–H groups in total. The Hall–Kier alpha value is -3.35. The number of amides is 1. The summed E-state index contributed by atoms with van der Waals surface area (Å²) in [6.07, 6.45) is 1.54. The molecule has 0 bridgehead atoms. The van der Waals surface area contributed by atoms with E-state index < -0.39 is 18.0 Å². The molecule has 7 heteroatoms. The second kappa shape index (κ2) is 9.23. The third-order valence-electron chi connectivity index (χ3n) is 4.68. The average molecular weight is 395 g/mol. The molecule has 0 saturated heterocycles. The van der Waals surface area contributed by atoms with Crippen molar-refractivity contribution in [2.75, 3.05) is 11.9 Å². The number of esters is 1. The number of hydrogen-bond acceptors (Lipinski definition) is 5. The number of nitrogens with one attached hydrogen (secondary N) is 1. The summed E-state index contributed by atoms with van der Waals surface area (Å²) in [5.74, 6) is 0.0974. The Morgan fingerprint density at radius 3 is 2.62 bits per heavy atom. The van der Waals surface area contributed by atoms with Gasteiger partial charge in [0.2, 0.25) is 0 Å². The van der Waals surface area contributed by atoms with Crippen molar-refractivity contribution in [3.63, 3.8) is 0 Å². The van der Waals surface area contributed by atoms with Crippen LogP contribution in [0.5, 0.6) is 5.75 Å². The molecule has 0 saturated carbocycles. The smallest absolute Gasteiger partial charge is 0.344 e. The molecule has 7 nitrogen and oxygen atoms in total. The summed E-state index contributed by atoms with van der Waals surface area (Å²) in [7, 11) is 0. The Balaban J connectivity index is 1.51. The van der Waals surface area contributed by atoms with E-state index in [2.05, 4.69) is 10.4 Å². The summed E-state index contributed by atoms with van der Waals surface area (Å²) in [6.45, 7) is 5.29. The van der Waals surface area contributed by atoms with Crippen molar-refractivity contribution in [3.8, 4) is 5.75 Å². The molecule has 0 fully saturated rings. The first kappa shape index (κ1) is 20.4. The number of hydrogen-bond donors (Lipinski definition) is 1. The van der Waals surface area contributed by atoms with Gasteiger partial charge in [0.1, 0.15) is 11.6 Å². The molecular formula is C22H25N3O4. The quantitative estimate of drug-likeness (QED) is 0.584. The number of rotatable bonds is 8. The number of nitrogens with zero attached hydrogens (tertiary/aromatic N) is 2. The number of carbonyl (C=O) groups is 2. The minimum atomic E-state index is -0.956. The van der Waals surface area contributed by atoms with Crippen LogP contribution in [0.4, 0.5) is 5.82 Å². The Bertz CT molecular complexity index is 998. The molecule has 3 aromatic rings. The fourth-order valence-corrected chi connectivity index (χ4v) is 2.85. The average Bonchev–Trinajstić information content (AvgIpc) is 3.19. The molecule has 0 radical (unpaired) electrons. The SMILES string of the molecule is CC[C@@H](C)n1nccc1NC(=O)[C@H](C)OC(=O)COc1ccc2ccccc2c1. The summed E-state index contributed by atoms with van der Waals surface area (Å²) in [4.78, 5) is 24.4. The lowest BCUT2D eigenvalue weighted by atomic mass is 10.1. The molecule has 0 spiro atoms. The van der Waals surface area contributed by atoms with Crippen LogP contribution in [-0.4, -0.2) is 34.4 Å². The van der Waals surface area contributed by atoms with E-state index in [0.717, 1.165) is 17.2 Å². The highest BCUT2D eigenvalue weighted by Gasteiger charge is 2.20. The molecule has 0 unspecified atom stereocenters. The maximum absolute atomic E-state index is 12.4. The molecule has 2 atom stereocenters. The minimum Gasteiger partial charge on any atom is -0.482 e. The zero-order valence-corrected chi connectivity index (χ0v) is 16.8. The third-order valence-corrected chi connectivity index (χ3v) is 4.68. The summed E-state index contributed by atoms with van der Waals surface area (Å²) in [5.41, 5.74) is 0. The summed E-state index contributed by atoms with van der Waals surface area (Å²) in [5, 5.41) is 9.07. The number of carbonyl (C=O) groups excluding carboxylic acids is 2. The van der Waals surface area contributed by atoms with Gasteiger partial charge in [-0.2, -0.15) is 5.10 Å². The Morgan fingerprint density at radius 2 is 1.86 bits per heavy atom. The van der Waals surface area contributed by atoms with Gasteiger partial charge in [-0.1, -0.05) is 37.3 Å². The lowest BCUT2D eigenvalue weighted by molar-refractivity contribution is -0.155. The van der Waals surface area contributed by atoms with E-state index in [1.807, 2.05) is 50.2 Å². The van der Waals surface area contributed by atoms with E-state index in [9.17, 15) is 9.59 Å². The molecule has 0 aliphatic rings. The van der Waals surface area contributed by atoms with Gasteiger partial charge in [-0.15, -0.1) is 0 Å². The number of fused-ring (bicyclic) bond motifs is 1. The Morgan fingerprint density at radius 1 is 1.10 bits per heavy atom.